The van der Waals surface area contributed by atoms with Crippen LogP contribution in [0, 0.1) is 5.41 Å². The van der Waals surface area contributed by atoms with Crippen molar-refractivity contribution in [1.82, 2.24) is 0 Å². The fraction of sp³-hybridized carbons (Fsp3) is 0.294. The highest BCUT2D eigenvalue weighted by Gasteiger charge is 2.35. The summed E-state index contributed by atoms with van der Waals surface area (Å²) in [5, 5.41) is 0. The van der Waals surface area contributed by atoms with E-state index in [0.717, 1.165) is 0 Å². The van der Waals surface area contributed by atoms with Gasteiger partial charge in [-0.1, -0.05) is 49.4 Å². The third kappa shape index (κ3) is 9.85. The van der Waals surface area contributed by atoms with Crippen molar-refractivity contribution < 1.29 is 52.5 Å². The van der Waals surface area contributed by atoms with E-state index in [9.17, 15) is 28.8 Å². The predicted octanol–water partition coefficient (Wildman–Crippen LogP) is 4.94. The SMILES string of the molecule is CCC(COC(=O)c1ccccc1CC(C)=O)(COC(=O)c1ccccc1OC(C)=O)COC(=O)c1ccccc1OC(C)=O. The minimum atomic E-state index is -1.23. The van der Waals surface area contributed by atoms with Crippen LogP contribution in [0.2, 0.25) is 0 Å². The van der Waals surface area contributed by atoms with Gasteiger partial charge in [-0.05, 0) is 49.2 Å². The van der Waals surface area contributed by atoms with Crippen molar-refractivity contribution in [3.63, 3.8) is 0 Å². The molecule has 0 fully saturated rings. The van der Waals surface area contributed by atoms with Crippen molar-refractivity contribution in [2.24, 2.45) is 5.41 Å². The van der Waals surface area contributed by atoms with Gasteiger partial charge in [-0.3, -0.25) is 14.4 Å². The largest absolute Gasteiger partial charge is 0.461 e. The van der Waals surface area contributed by atoms with Gasteiger partial charge in [0.05, 0.1) is 11.0 Å². The monoisotopic (exact) mass is 618 g/mol. The molecule has 0 radical (unpaired) electrons. The molecule has 0 amide bonds. The maximum Gasteiger partial charge on any atom is 0.341 e. The molecule has 3 rings (SSSR count). The molecule has 0 heterocycles. The van der Waals surface area contributed by atoms with E-state index in [2.05, 4.69) is 0 Å². The number of para-hydroxylation sites is 2. The zero-order valence-electron chi connectivity index (χ0n) is 25.5. The molecule has 0 aliphatic carbocycles. The van der Waals surface area contributed by atoms with Gasteiger partial charge in [0.25, 0.3) is 0 Å². The molecule has 11 heteroatoms. The Hall–Kier alpha value is -5.32. The summed E-state index contributed by atoms with van der Waals surface area (Å²) in [5.74, 6) is -3.77. The summed E-state index contributed by atoms with van der Waals surface area (Å²) >= 11 is 0. The molecule has 0 atom stereocenters. The zero-order valence-corrected chi connectivity index (χ0v) is 25.5. The number of benzene rings is 3. The van der Waals surface area contributed by atoms with Gasteiger partial charge in [-0.2, -0.15) is 0 Å². The van der Waals surface area contributed by atoms with Gasteiger partial charge in [0, 0.05) is 20.3 Å². The van der Waals surface area contributed by atoms with Crippen molar-refractivity contribution >= 4 is 35.6 Å². The van der Waals surface area contributed by atoms with E-state index in [1.165, 1.54) is 51.1 Å². The number of esters is 5. The smallest absolute Gasteiger partial charge is 0.341 e. The third-order valence-corrected chi connectivity index (χ3v) is 6.68. The second kappa shape index (κ2) is 15.9. The lowest BCUT2D eigenvalue weighted by Gasteiger charge is -2.31. The maximum atomic E-state index is 13.2. The molecule has 3 aromatic rings. The molecule has 0 spiro atoms. The number of hydrogen-bond donors (Lipinski definition) is 0. The standard InChI is InChI=1S/C34H34O11/c1-5-34(19-41-31(38)26-13-7-6-12-25(26)18-22(2)35,20-42-32(39)27-14-8-10-16-29(27)44-23(3)36)21-43-33(40)28-15-9-11-17-30(28)45-24(4)37/h6-17H,5,18-21H2,1-4H3. The first-order chi connectivity index (χ1) is 21.4. The second-order valence-corrected chi connectivity index (χ2v) is 10.3. The van der Waals surface area contributed by atoms with Crippen LogP contribution < -0.4 is 9.47 Å². The second-order valence-electron chi connectivity index (χ2n) is 10.3. The summed E-state index contributed by atoms with van der Waals surface area (Å²) in [6, 6.07) is 18.5. The topological polar surface area (TPSA) is 149 Å². The lowest BCUT2D eigenvalue weighted by molar-refractivity contribution is -0.132. The van der Waals surface area contributed by atoms with Crippen molar-refractivity contribution in [3.05, 3.63) is 95.1 Å². The van der Waals surface area contributed by atoms with Crippen LogP contribution in [0.1, 0.15) is 70.8 Å². The molecular formula is C34H34O11. The Labute approximate surface area is 260 Å². The normalized spacial score (nSPS) is 10.8. The molecule has 0 saturated carbocycles. The van der Waals surface area contributed by atoms with Crippen LogP contribution in [-0.2, 0) is 35.0 Å². The van der Waals surface area contributed by atoms with E-state index in [-0.39, 0.29) is 66.6 Å². The Kier molecular flexibility index (Phi) is 12.1. The van der Waals surface area contributed by atoms with E-state index in [1.807, 2.05) is 0 Å². The van der Waals surface area contributed by atoms with Crippen molar-refractivity contribution in [3.8, 4) is 11.5 Å². The Bertz CT molecular complexity index is 1390. The van der Waals surface area contributed by atoms with Crippen molar-refractivity contribution in [1.29, 1.82) is 0 Å². The third-order valence-electron chi connectivity index (χ3n) is 6.68. The van der Waals surface area contributed by atoms with Crippen LogP contribution in [0.5, 0.6) is 11.5 Å². The summed E-state index contributed by atoms with van der Waals surface area (Å²) in [6.07, 6.45) is 0.246. The van der Waals surface area contributed by atoms with Gasteiger partial charge in [0.15, 0.2) is 0 Å². The number of carbonyl (C=O) groups excluding carboxylic acids is 6. The predicted molar refractivity (Wildman–Crippen MR) is 160 cm³/mol. The molecule has 0 aliphatic rings. The summed E-state index contributed by atoms with van der Waals surface area (Å²) in [4.78, 5) is 74.2. The van der Waals surface area contributed by atoms with Gasteiger partial charge in [-0.15, -0.1) is 0 Å². The summed E-state index contributed by atoms with van der Waals surface area (Å²) in [5.41, 5.74) is -0.583. The average molecular weight is 619 g/mol. The van der Waals surface area contributed by atoms with Crippen LogP contribution in [0.15, 0.2) is 72.8 Å². The molecule has 0 aliphatic heterocycles. The van der Waals surface area contributed by atoms with Crippen LogP contribution in [0.4, 0.5) is 0 Å². The molecule has 0 N–H and O–H groups in total. The van der Waals surface area contributed by atoms with Gasteiger partial charge in [0.1, 0.15) is 48.2 Å². The molecule has 0 bridgehead atoms. The molecule has 45 heavy (non-hydrogen) atoms. The van der Waals surface area contributed by atoms with E-state index in [0.29, 0.717) is 5.56 Å². The van der Waals surface area contributed by atoms with E-state index >= 15 is 0 Å². The number of hydrogen-bond acceptors (Lipinski definition) is 11. The first-order valence-electron chi connectivity index (χ1n) is 14.1. The van der Waals surface area contributed by atoms with Crippen LogP contribution in [0.25, 0.3) is 0 Å². The zero-order chi connectivity index (χ0) is 33.0. The van der Waals surface area contributed by atoms with Crippen LogP contribution in [0.3, 0.4) is 0 Å². The summed E-state index contributed by atoms with van der Waals surface area (Å²) in [6.45, 7) is 4.47. The van der Waals surface area contributed by atoms with E-state index in [4.69, 9.17) is 23.7 Å². The number of ketones is 1. The van der Waals surface area contributed by atoms with Crippen molar-refractivity contribution in [2.75, 3.05) is 19.8 Å². The average Bonchev–Trinajstić information content (AvgIpc) is 3.00. The summed E-state index contributed by atoms with van der Waals surface area (Å²) in [7, 11) is 0. The lowest BCUT2D eigenvalue weighted by Crippen LogP contribution is -2.39. The molecular weight excluding hydrogens is 584 g/mol. The van der Waals surface area contributed by atoms with Crippen LogP contribution >= 0.6 is 0 Å². The molecule has 3 aromatic carbocycles. The first-order valence-corrected chi connectivity index (χ1v) is 14.1. The van der Waals surface area contributed by atoms with E-state index in [1.54, 1.807) is 49.4 Å². The Morgan fingerprint density at radius 1 is 0.556 bits per heavy atom. The van der Waals surface area contributed by atoms with Gasteiger partial charge in [0.2, 0.25) is 0 Å². The number of ether oxygens (including phenoxy) is 5. The van der Waals surface area contributed by atoms with Gasteiger partial charge < -0.3 is 23.7 Å². The summed E-state index contributed by atoms with van der Waals surface area (Å²) < 4.78 is 27.1. The molecule has 236 valence electrons. The number of carbonyl (C=O) groups is 6. The maximum absolute atomic E-state index is 13.2. The lowest BCUT2D eigenvalue weighted by atomic mass is 9.87. The van der Waals surface area contributed by atoms with Crippen LogP contribution in [-0.4, -0.2) is 55.5 Å². The minimum Gasteiger partial charge on any atom is -0.461 e. The van der Waals surface area contributed by atoms with E-state index < -0.39 is 35.3 Å². The molecule has 11 nitrogen and oxygen atoms in total. The number of Topliss-reactive ketones (excluding diaryl/α,β-unsaturated/α-hetero) is 1. The Balaban J connectivity index is 1.86. The molecule has 0 aromatic heterocycles. The van der Waals surface area contributed by atoms with Gasteiger partial charge in [-0.25, -0.2) is 14.4 Å². The number of rotatable bonds is 14. The highest BCUT2D eigenvalue weighted by molar-refractivity contribution is 5.95. The first kappa shape index (κ1) is 34.2. The fourth-order valence-corrected chi connectivity index (χ4v) is 4.22. The van der Waals surface area contributed by atoms with Gasteiger partial charge >= 0.3 is 29.8 Å². The van der Waals surface area contributed by atoms with Crippen molar-refractivity contribution in [2.45, 2.75) is 40.5 Å². The fourth-order valence-electron chi connectivity index (χ4n) is 4.22. The highest BCUT2D eigenvalue weighted by Crippen LogP contribution is 2.28. The molecule has 0 unspecified atom stereocenters. The highest BCUT2D eigenvalue weighted by atomic mass is 16.6. The quantitative estimate of drug-likeness (QED) is 0.137. The Morgan fingerprint density at radius 3 is 1.33 bits per heavy atom. The minimum absolute atomic E-state index is 0.000823. The molecule has 0 saturated heterocycles. The Morgan fingerprint density at radius 2 is 0.933 bits per heavy atom.